The number of nitrogens with zero attached hydrogens (tertiary/aromatic N) is 9. The van der Waals surface area contributed by atoms with Gasteiger partial charge in [0.05, 0.1) is 33.6 Å². The Morgan fingerprint density at radius 1 is 0.900 bits per heavy atom. The molecule has 5 atom stereocenters. The van der Waals surface area contributed by atoms with Crippen LogP contribution in [0.1, 0.15) is 82.5 Å². The van der Waals surface area contributed by atoms with Crippen LogP contribution in [0, 0.1) is 24.2 Å². The third-order valence-electron chi connectivity index (χ3n) is 14.7. The molecule has 1 aliphatic carbocycles. The predicted molar refractivity (Wildman–Crippen MR) is 271 cm³/mol. The van der Waals surface area contributed by atoms with E-state index in [4.69, 9.17) is 15.7 Å². The Kier molecular flexibility index (Phi) is 14.4. The molecule has 0 radical (unpaired) electrons. The zero-order valence-electron chi connectivity index (χ0n) is 40.8. The zero-order valence-corrected chi connectivity index (χ0v) is 41.6. The number of nitrogen functional groups attached to an aromatic ring is 1. The number of phenols is 1. The quantitative estimate of drug-likeness (QED) is 0.0921. The van der Waals surface area contributed by atoms with E-state index in [-0.39, 0.29) is 61.0 Å². The van der Waals surface area contributed by atoms with Gasteiger partial charge in [0.15, 0.2) is 5.82 Å². The van der Waals surface area contributed by atoms with Crippen LogP contribution in [0.15, 0.2) is 72.5 Å². The summed E-state index contributed by atoms with van der Waals surface area (Å²) in [5.41, 5.74) is 13.6. The van der Waals surface area contributed by atoms with Gasteiger partial charge in [-0.1, -0.05) is 57.2 Å². The lowest BCUT2D eigenvalue weighted by Crippen LogP contribution is -2.58. The summed E-state index contributed by atoms with van der Waals surface area (Å²) in [6.07, 6.45) is 8.45. The van der Waals surface area contributed by atoms with Gasteiger partial charge in [-0.15, -0.1) is 21.5 Å². The summed E-state index contributed by atoms with van der Waals surface area (Å²) < 4.78 is 0. The van der Waals surface area contributed by atoms with Gasteiger partial charge in [-0.05, 0) is 93.2 Å². The molecule has 9 rings (SSSR count). The first kappa shape index (κ1) is 48.8. The molecule has 70 heavy (non-hydrogen) atoms. The highest BCUT2D eigenvalue weighted by Crippen LogP contribution is 2.39. The number of rotatable bonds is 14. The molecule has 4 fully saturated rings. The van der Waals surface area contributed by atoms with Crippen LogP contribution >= 0.6 is 11.3 Å². The SMILES string of the molecule is Cc1ncsc1-c1ccc(CNC(=O)[C@@H]2C[C@@H](O)CN2C(=O)[C@@H](NC(=O)[C@H]2CC[C@H](CN(C)Cc3cnc(N4C5CCC4CN(c4cc(-c6ccccc6O)nnc4N)C5)nc3)CC2)C(C)(C)C)cc1. The number of thiazole rings is 1. The van der Waals surface area contributed by atoms with E-state index in [0.717, 1.165) is 97.1 Å². The van der Waals surface area contributed by atoms with Crippen molar-refractivity contribution in [2.75, 3.05) is 48.8 Å². The van der Waals surface area contributed by atoms with Gasteiger partial charge >= 0.3 is 0 Å². The second-order valence-electron chi connectivity index (χ2n) is 20.9. The summed E-state index contributed by atoms with van der Waals surface area (Å²) in [6, 6.07) is 15.7. The van der Waals surface area contributed by atoms with Gasteiger partial charge in [-0.25, -0.2) is 15.0 Å². The molecule has 17 nitrogen and oxygen atoms in total. The Balaban J connectivity index is 0.736. The van der Waals surface area contributed by atoms with Gasteiger partial charge < -0.3 is 46.2 Å². The molecule has 2 unspecified atom stereocenters. The van der Waals surface area contributed by atoms with Crippen molar-refractivity contribution in [2.24, 2.45) is 17.3 Å². The number of β-amino-alcohol motifs (C(OH)–C–C–N with tert-alkyl or cyclic N) is 1. The first-order chi connectivity index (χ1) is 33.6. The number of phenolic OH excluding ortho intramolecular Hbond substituents is 1. The number of likely N-dealkylation sites (tertiary alicyclic amines) is 1. The molecule has 18 heteroatoms. The number of hydrogen-bond acceptors (Lipinski definition) is 15. The standard InChI is InChI=1S/C52H66N12O5S/c1-31-45(70-30-57-31)35-14-10-32(11-15-35)22-54-49(68)43-20-39(65)29-63(43)50(69)46(52(2,3)4)58-48(67)36-16-12-33(13-17-36)25-61(5)26-34-23-55-51(56-24-34)64-37-18-19-38(64)28-62(27-37)42-21-41(59-60-47(42)53)40-8-6-7-9-44(40)66/h6-11,14-15,21,23-24,30,33,36-39,43,46,65-66H,12-13,16-20,22,25-29H2,1-5H3,(H2,53,60)(H,54,68)(H,58,67)/t33-,36-,37?,38?,39-,43+,46-/m1/s1. The van der Waals surface area contributed by atoms with Crippen LogP contribution in [0.5, 0.6) is 5.75 Å². The molecule has 3 amide bonds. The van der Waals surface area contributed by atoms with Crippen molar-refractivity contribution in [1.29, 1.82) is 0 Å². The van der Waals surface area contributed by atoms with Crippen molar-refractivity contribution in [3.05, 3.63) is 89.3 Å². The number of para-hydroxylation sites is 1. The number of piperazine rings is 1. The van der Waals surface area contributed by atoms with E-state index in [0.29, 0.717) is 29.5 Å². The number of amides is 3. The summed E-state index contributed by atoms with van der Waals surface area (Å²) in [7, 11) is 2.11. The van der Waals surface area contributed by atoms with Gasteiger partial charge in [0.25, 0.3) is 0 Å². The monoisotopic (exact) mass is 970 g/mol. The lowest BCUT2D eigenvalue weighted by Gasteiger charge is -2.42. The Labute approximate surface area is 413 Å². The Morgan fingerprint density at radius 3 is 2.26 bits per heavy atom. The normalized spacial score (nSPS) is 22.9. The lowest BCUT2D eigenvalue weighted by atomic mass is 9.80. The van der Waals surface area contributed by atoms with Crippen LogP contribution in [0.2, 0.25) is 0 Å². The van der Waals surface area contributed by atoms with E-state index >= 15 is 0 Å². The van der Waals surface area contributed by atoms with Gasteiger partial charge in [0, 0.05) is 87.2 Å². The van der Waals surface area contributed by atoms with Crippen molar-refractivity contribution in [1.82, 2.24) is 45.6 Å². The molecule has 2 bridgehead atoms. The molecule has 3 aliphatic heterocycles. The second-order valence-corrected chi connectivity index (χ2v) is 21.8. The highest BCUT2D eigenvalue weighted by molar-refractivity contribution is 7.13. The number of nitrogens with one attached hydrogen (secondary N) is 2. The number of aliphatic hydroxyl groups is 1. The fourth-order valence-corrected chi connectivity index (χ4v) is 11.7. The molecule has 1 saturated carbocycles. The van der Waals surface area contributed by atoms with E-state index in [9.17, 15) is 24.6 Å². The van der Waals surface area contributed by atoms with Crippen molar-refractivity contribution >= 4 is 46.5 Å². The second kappa shape index (κ2) is 20.6. The van der Waals surface area contributed by atoms with E-state index < -0.39 is 23.6 Å². The number of aromatic nitrogens is 5. The fraction of sp³-hybridized carbons (Fsp3) is 0.500. The minimum Gasteiger partial charge on any atom is -0.507 e. The highest BCUT2D eigenvalue weighted by Gasteiger charge is 2.46. The number of carbonyl (C=O) groups excluding carboxylic acids is 3. The summed E-state index contributed by atoms with van der Waals surface area (Å²) in [5, 5.41) is 35.7. The van der Waals surface area contributed by atoms with E-state index in [1.807, 2.05) is 88.1 Å². The first-order valence-electron chi connectivity index (χ1n) is 24.6. The summed E-state index contributed by atoms with van der Waals surface area (Å²) in [4.78, 5) is 65.3. The first-order valence-corrected chi connectivity index (χ1v) is 25.5. The van der Waals surface area contributed by atoms with Gasteiger partial charge in [0.1, 0.15) is 17.8 Å². The number of hydrogen-bond donors (Lipinski definition) is 5. The maximum Gasteiger partial charge on any atom is 0.246 e. The molecule has 6 N–H and O–H groups in total. The minimum atomic E-state index is -0.866. The average Bonchev–Trinajstić information content (AvgIpc) is 4.04. The maximum absolute atomic E-state index is 14.3. The third kappa shape index (κ3) is 10.7. The zero-order chi connectivity index (χ0) is 49.3. The Bertz CT molecular complexity index is 2640. The van der Waals surface area contributed by atoms with Crippen molar-refractivity contribution in [3.63, 3.8) is 0 Å². The van der Waals surface area contributed by atoms with Crippen molar-refractivity contribution in [2.45, 2.75) is 116 Å². The number of benzene rings is 2. The molecule has 2 aromatic carbocycles. The molecule has 3 aromatic heterocycles. The average molecular weight is 971 g/mol. The van der Waals surface area contributed by atoms with Crippen LogP contribution in [-0.4, -0.2) is 126 Å². The number of fused-ring (bicyclic) bond motifs is 2. The topological polar surface area (TPSA) is 219 Å². The molecular formula is C52H66N12O5S. The molecule has 6 heterocycles. The van der Waals surface area contributed by atoms with Gasteiger partial charge in [-0.3, -0.25) is 14.4 Å². The van der Waals surface area contributed by atoms with Crippen LogP contribution in [-0.2, 0) is 27.5 Å². The number of aliphatic hydroxyl groups excluding tert-OH is 1. The van der Waals surface area contributed by atoms with E-state index in [2.05, 4.69) is 47.6 Å². The van der Waals surface area contributed by atoms with Crippen LogP contribution < -0.4 is 26.2 Å². The molecule has 4 aliphatic rings. The third-order valence-corrected chi connectivity index (χ3v) is 15.6. The van der Waals surface area contributed by atoms with Crippen LogP contribution in [0.3, 0.4) is 0 Å². The number of aromatic hydroxyl groups is 1. The van der Waals surface area contributed by atoms with Crippen molar-refractivity contribution in [3.8, 4) is 27.4 Å². The van der Waals surface area contributed by atoms with Gasteiger partial charge in [-0.2, -0.15) is 0 Å². The highest BCUT2D eigenvalue weighted by atomic mass is 32.1. The molecule has 0 spiro atoms. The smallest absolute Gasteiger partial charge is 0.246 e. The minimum absolute atomic E-state index is 0.0303. The summed E-state index contributed by atoms with van der Waals surface area (Å²) >= 11 is 1.59. The molecule has 370 valence electrons. The van der Waals surface area contributed by atoms with Crippen molar-refractivity contribution < 1.29 is 24.6 Å². The fourth-order valence-electron chi connectivity index (χ4n) is 10.9. The predicted octanol–water partition coefficient (Wildman–Crippen LogP) is 5.56. The Hall–Kier alpha value is -6.24. The van der Waals surface area contributed by atoms with E-state index in [1.54, 1.807) is 23.5 Å². The molecule has 5 aromatic rings. The number of nitrogens with two attached hydrogens (primary N) is 1. The van der Waals surface area contributed by atoms with E-state index in [1.165, 1.54) is 4.90 Å². The van der Waals surface area contributed by atoms with Crippen LogP contribution in [0.25, 0.3) is 21.7 Å². The largest absolute Gasteiger partial charge is 0.507 e. The number of anilines is 3. The van der Waals surface area contributed by atoms with Gasteiger partial charge in [0.2, 0.25) is 23.7 Å². The summed E-state index contributed by atoms with van der Waals surface area (Å²) in [6.45, 7) is 11.1. The maximum atomic E-state index is 14.3. The number of carbonyl (C=O) groups is 3. The number of aryl methyl sites for hydroxylation is 1. The van der Waals surface area contributed by atoms with Crippen LogP contribution in [0.4, 0.5) is 17.5 Å². The molecule has 3 saturated heterocycles. The summed E-state index contributed by atoms with van der Waals surface area (Å²) in [5.74, 6) is 0.637. The molecular weight excluding hydrogens is 905 g/mol. The lowest BCUT2D eigenvalue weighted by molar-refractivity contribution is -0.144. The Morgan fingerprint density at radius 2 is 1.60 bits per heavy atom.